The molecule has 0 bridgehead atoms. The fourth-order valence-electron chi connectivity index (χ4n) is 1.34. The summed E-state index contributed by atoms with van der Waals surface area (Å²) in [5.41, 5.74) is -0.0747. The van der Waals surface area contributed by atoms with Crippen molar-refractivity contribution >= 4 is 11.8 Å². The van der Waals surface area contributed by atoms with E-state index in [0.717, 1.165) is 19.4 Å². The van der Waals surface area contributed by atoms with Crippen molar-refractivity contribution in [2.24, 2.45) is 0 Å². The van der Waals surface area contributed by atoms with Crippen molar-refractivity contribution in [2.75, 3.05) is 6.54 Å². The van der Waals surface area contributed by atoms with Gasteiger partial charge in [-0.05, 0) is 34.1 Å². The van der Waals surface area contributed by atoms with Gasteiger partial charge in [-0.1, -0.05) is 13.3 Å². The highest BCUT2D eigenvalue weighted by Gasteiger charge is 2.23. The van der Waals surface area contributed by atoms with E-state index in [1.54, 1.807) is 6.92 Å². The van der Waals surface area contributed by atoms with E-state index in [-0.39, 0.29) is 5.54 Å². The summed E-state index contributed by atoms with van der Waals surface area (Å²) in [7, 11) is 0. The van der Waals surface area contributed by atoms with Gasteiger partial charge in [0.05, 0.1) is 5.84 Å². The predicted octanol–water partition coefficient (Wildman–Crippen LogP) is 2.41. The quantitative estimate of drug-likeness (QED) is 0.497. The average Bonchev–Trinajstić information content (AvgIpc) is 2.00. The summed E-state index contributed by atoms with van der Waals surface area (Å²) in [6, 6.07) is 0. The number of amidine groups is 1. The first-order valence-electron chi connectivity index (χ1n) is 5.47. The topological polar surface area (TPSA) is 63.0 Å². The molecule has 0 rings (SSSR count). The predicted molar refractivity (Wildman–Crippen MR) is 65.6 cm³/mol. The van der Waals surface area contributed by atoms with Crippen molar-refractivity contribution in [1.29, 1.82) is 10.8 Å². The van der Waals surface area contributed by atoms with Crippen LogP contribution < -0.4 is 5.32 Å². The molecule has 15 heavy (non-hydrogen) atoms. The summed E-state index contributed by atoms with van der Waals surface area (Å²) in [6.45, 7) is 10.9. The number of nitrogens with zero attached hydrogens (tertiary/aromatic N) is 1. The Morgan fingerprint density at radius 1 is 1.27 bits per heavy atom. The normalized spacial score (nSPS) is 11.0. The van der Waals surface area contributed by atoms with Gasteiger partial charge in [0, 0.05) is 12.1 Å². The van der Waals surface area contributed by atoms with Gasteiger partial charge in [-0.25, -0.2) is 0 Å². The fourth-order valence-corrected chi connectivity index (χ4v) is 1.34. The third-order valence-corrected chi connectivity index (χ3v) is 2.12. The van der Waals surface area contributed by atoms with Crippen LogP contribution in [0.5, 0.6) is 0 Å². The molecule has 3 N–H and O–H groups in total. The van der Waals surface area contributed by atoms with Crippen LogP contribution >= 0.6 is 0 Å². The molecule has 4 nitrogen and oxygen atoms in total. The molecule has 88 valence electrons. The zero-order valence-electron chi connectivity index (χ0n) is 10.6. The molecule has 4 heteroatoms. The second-order valence-electron chi connectivity index (χ2n) is 4.77. The standard InChI is InChI=1S/C11H24N4/c1-6-7-8-15(11(3,4)5)10(13)14-9(2)12/h6-8H2,1-5H3,(H3,12,13,14). The third kappa shape index (κ3) is 5.40. The summed E-state index contributed by atoms with van der Waals surface area (Å²) in [5.74, 6) is 0.634. The molecule has 0 unspecified atom stereocenters. The molecule has 0 radical (unpaired) electrons. The van der Waals surface area contributed by atoms with Crippen molar-refractivity contribution in [3.8, 4) is 0 Å². The van der Waals surface area contributed by atoms with Gasteiger partial charge in [-0.3, -0.25) is 10.8 Å². The summed E-state index contributed by atoms with van der Waals surface area (Å²) < 4.78 is 0. The second kappa shape index (κ2) is 5.73. The number of guanidine groups is 1. The Balaban J connectivity index is 4.48. The summed E-state index contributed by atoms with van der Waals surface area (Å²) >= 11 is 0. The molecule has 0 fully saturated rings. The molecule has 0 heterocycles. The van der Waals surface area contributed by atoms with E-state index in [2.05, 4.69) is 33.0 Å². The van der Waals surface area contributed by atoms with E-state index in [9.17, 15) is 0 Å². The Labute approximate surface area is 93.1 Å². The highest BCUT2D eigenvalue weighted by atomic mass is 15.3. The summed E-state index contributed by atoms with van der Waals surface area (Å²) in [4.78, 5) is 1.99. The molecule has 0 aliphatic carbocycles. The van der Waals surface area contributed by atoms with E-state index in [1.807, 2.05) is 4.90 Å². The van der Waals surface area contributed by atoms with Crippen molar-refractivity contribution in [3.63, 3.8) is 0 Å². The molecular weight excluding hydrogens is 188 g/mol. The monoisotopic (exact) mass is 212 g/mol. The number of hydrogen-bond acceptors (Lipinski definition) is 2. The second-order valence-corrected chi connectivity index (χ2v) is 4.77. The molecule has 0 amide bonds. The molecule has 0 spiro atoms. The molecule has 0 aliphatic heterocycles. The number of hydrogen-bond donors (Lipinski definition) is 3. The summed E-state index contributed by atoms with van der Waals surface area (Å²) in [6.07, 6.45) is 2.18. The number of unbranched alkanes of at least 4 members (excludes halogenated alkanes) is 1. The van der Waals surface area contributed by atoms with Crippen LogP contribution in [-0.2, 0) is 0 Å². The van der Waals surface area contributed by atoms with Gasteiger partial charge in [0.15, 0.2) is 5.96 Å². The van der Waals surface area contributed by atoms with Gasteiger partial charge in [0.25, 0.3) is 0 Å². The minimum Gasteiger partial charge on any atom is -0.338 e. The van der Waals surface area contributed by atoms with Crippen LogP contribution in [-0.4, -0.2) is 28.8 Å². The van der Waals surface area contributed by atoms with Crippen LogP contribution in [0.3, 0.4) is 0 Å². The maximum Gasteiger partial charge on any atom is 0.196 e. The Morgan fingerprint density at radius 2 is 1.80 bits per heavy atom. The lowest BCUT2D eigenvalue weighted by Crippen LogP contribution is -2.52. The highest BCUT2D eigenvalue weighted by molar-refractivity contribution is 5.95. The Morgan fingerprint density at radius 3 is 2.13 bits per heavy atom. The van der Waals surface area contributed by atoms with Crippen LogP contribution in [0.4, 0.5) is 0 Å². The minimum atomic E-state index is -0.0747. The molecule has 0 aromatic carbocycles. The number of nitrogens with one attached hydrogen (secondary N) is 3. The molecule has 0 saturated heterocycles. The van der Waals surface area contributed by atoms with E-state index >= 15 is 0 Å². The molecule has 0 saturated carbocycles. The lowest BCUT2D eigenvalue weighted by atomic mass is 10.1. The van der Waals surface area contributed by atoms with E-state index in [0.29, 0.717) is 11.8 Å². The Kier molecular flexibility index (Phi) is 5.33. The van der Waals surface area contributed by atoms with Crippen LogP contribution in [0.1, 0.15) is 47.5 Å². The molecule has 0 aromatic rings. The SMILES string of the molecule is CCCCN(C(=N)NC(C)=N)C(C)(C)C. The maximum atomic E-state index is 7.88. The maximum absolute atomic E-state index is 7.88. The van der Waals surface area contributed by atoms with Gasteiger partial charge in [-0.2, -0.15) is 0 Å². The minimum absolute atomic E-state index is 0.0747. The molecule has 0 aromatic heterocycles. The van der Waals surface area contributed by atoms with E-state index in [1.165, 1.54) is 0 Å². The lowest BCUT2D eigenvalue weighted by Gasteiger charge is -2.37. The van der Waals surface area contributed by atoms with Crippen LogP contribution in [0.15, 0.2) is 0 Å². The van der Waals surface area contributed by atoms with Gasteiger partial charge in [0.2, 0.25) is 0 Å². The molecule has 0 aliphatic rings. The first-order valence-corrected chi connectivity index (χ1v) is 5.47. The van der Waals surface area contributed by atoms with E-state index in [4.69, 9.17) is 10.8 Å². The third-order valence-electron chi connectivity index (χ3n) is 2.12. The Hall–Kier alpha value is -1.06. The van der Waals surface area contributed by atoms with Crippen LogP contribution in [0, 0.1) is 10.8 Å². The average molecular weight is 212 g/mol. The van der Waals surface area contributed by atoms with Gasteiger partial charge < -0.3 is 10.2 Å². The molecular formula is C11H24N4. The van der Waals surface area contributed by atoms with Crippen molar-refractivity contribution in [1.82, 2.24) is 10.2 Å². The highest BCUT2D eigenvalue weighted by Crippen LogP contribution is 2.13. The fraction of sp³-hybridized carbons (Fsp3) is 0.818. The first kappa shape index (κ1) is 13.9. The summed E-state index contributed by atoms with van der Waals surface area (Å²) in [5, 5.41) is 18.0. The lowest BCUT2D eigenvalue weighted by molar-refractivity contribution is 0.227. The van der Waals surface area contributed by atoms with Crippen molar-refractivity contribution < 1.29 is 0 Å². The van der Waals surface area contributed by atoms with Crippen LogP contribution in [0.2, 0.25) is 0 Å². The smallest absolute Gasteiger partial charge is 0.196 e. The van der Waals surface area contributed by atoms with Crippen molar-refractivity contribution in [3.05, 3.63) is 0 Å². The van der Waals surface area contributed by atoms with E-state index < -0.39 is 0 Å². The van der Waals surface area contributed by atoms with Gasteiger partial charge in [-0.15, -0.1) is 0 Å². The number of rotatable bonds is 3. The van der Waals surface area contributed by atoms with Gasteiger partial charge in [0.1, 0.15) is 0 Å². The first-order chi connectivity index (χ1) is 6.79. The zero-order valence-corrected chi connectivity index (χ0v) is 10.6. The largest absolute Gasteiger partial charge is 0.338 e. The van der Waals surface area contributed by atoms with Gasteiger partial charge >= 0.3 is 0 Å². The van der Waals surface area contributed by atoms with Crippen molar-refractivity contribution in [2.45, 2.75) is 53.0 Å². The zero-order chi connectivity index (χ0) is 12.1. The molecule has 0 atom stereocenters. The Bertz CT molecular complexity index is 227. The van der Waals surface area contributed by atoms with Crippen LogP contribution in [0.25, 0.3) is 0 Å².